The van der Waals surface area contributed by atoms with Gasteiger partial charge < -0.3 is 15.5 Å². The van der Waals surface area contributed by atoms with Crippen LogP contribution in [0.25, 0.3) is 0 Å². The highest BCUT2D eigenvalue weighted by atomic mass is 19.4. The topological polar surface area (TPSA) is 61.4 Å². The first-order chi connectivity index (χ1) is 18.6. The third-order valence-corrected chi connectivity index (χ3v) is 7.55. The molecule has 5 nitrogen and oxygen atoms in total. The van der Waals surface area contributed by atoms with Gasteiger partial charge in [-0.2, -0.15) is 13.2 Å². The van der Waals surface area contributed by atoms with Crippen molar-refractivity contribution in [2.75, 3.05) is 19.6 Å². The van der Waals surface area contributed by atoms with Crippen molar-refractivity contribution in [3.05, 3.63) is 107 Å². The SMILES string of the molecule is C=C(NC(=O)c1ccc(C(F)(F)F)cc1C)N1CCC(Cc2ccccc2)(C(=O)NCC2=CCCC=C2)CC1. The lowest BCUT2D eigenvalue weighted by Gasteiger charge is -2.42. The summed E-state index contributed by atoms with van der Waals surface area (Å²) < 4.78 is 39.0. The van der Waals surface area contributed by atoms with Crippen molar-refractivity contribution in [3.8, 4) is 0 Å². The summed E-state index contributed by atoms with van der Waals surface area (Å²) in [6.45, 7) is 6.99. The number of hydrogen-bond acceptors (Lipinski definition) is 3. The highest BCUT2D eigenvalue weighted by molar-refractivity contribution is 5.96. The maximum atomic E-state index is 13.6. The van der Waals surface area contributed by atoms with Crippen molar-refractivity contribution in [2.45, 2.75) is 45.2 Å². The van der Waals surface area contributed by atoms with Crippen LogP contribution in [0.1, 0.15) is 52.7 Å². The van der Waals surface area contributed by atoms with Crippen molar-refractivity contribution < 1.29 is 22.8 Å². The average Bonchev–Trinajstić information content (AvgIpc) is 2.92. The molecule has 2 aromatic rings. The Labute approximate surface area is 227 Å². The van der Waals surface area contributed by atoms with Gasteiger partial charge in [-0.15, -0.1) is 0 Å². The van der Waals surface area contributed by atoms with E-state index >= 15 is 0 Å². The second-order valence-corrected chi connectivity index (χ2v) is 10.3. The van der Waals surface area contributed by atoms with Crippen LogP contribution in [0.5, 0.6) is 0 Å². The first kappa shape index (κ1) is 28.2. The van der Waals surface area contributed by atoms with E-state index in [0.717, 1.165) is 36.1 Å². The number of nitrogens with zero attached hydrogens (tertiary/aromatic N) is 1. The minimum Gasteiger partial charge on any atom is -0.359 e. The van der Waals surface area contributed by atoms with Crippen LogP contribution < -0.4 is 10.6 Å². The van der Waals surface area contributed by atoms with Crippen LogP contribution in [-0.2, 0) is 17.4 Å². The maximum Gasteiger partial charge on any atom is 0.416 e. The van der Waals surface area contributed by atoms with Crippen molar-refractivity contribution in [1.29, 1.82) is 0 Å². The fourth-order valence-corrected chi connectivity index (χ4v) is 5.22. The minimum absolute atomic E-state index is 0.0147. The molecule has 0 atom stereocenters. The number of alkyl halides is 3. The van der Waals surface area contributed by atoms with Gasteiger partial charge in [0, 0.05) is 25.2 Å². The molecule has 1 fully saturated rings. The summed E-state index contributed by atoms with van der Waals surface area (Å²) in [5.74, 6) is -0.134. The molecular formula is C31H34F3N3O2. The maximum absolute atomic E-state index is 13.6. The van der Waals surface area contributed by atoms with E-state index < -0.39 is 23.1 Å². The summed E-state index contributed by atoms with van der Waals surface area (Å²) in [6, 6.07) is 13.0. The third-order valence-electron chi connectivity index (χ3n) is 7.55. The number of rotatable bonds is 8. The number of likely N-dealkylation sites (tertiary alicyclic amines) is 1. The number of halogens is 3. The molecule has 1 aliphatic carbocycles. The highest BCUT2D eigenvalue weighted by Crippen LogP contribution is 2.37. The Morgan fingerprint density at radius 2 is 1.77 bits per heavy atom. The fraction of sp³-hybridized carbons (Fsp3) is 0.355. The van der Waals surface area contributed by atoms with Gasteiger partial charge in [-0.05, 0) is 73.9 Å². The van der Waals surface area contributed by atoms with Gasteiger partial charge in [0.1, 0.15) is 5.82 Å². The second kappa shape index (κ2) is 11.9. The van der Waals surface area contributed by atoms with Gasteiger partial charge in [0.2, 0.25) is 5.91 Å². The first-order valence-electron chi connectivity index (χ1n) is 13.2. The number of carbonyl (C=O) groups is 2. The molecule has 1 saturated heterocycles. The van der Waals surface area contributed by atoms with Gasteiger partial charge in [-0.1, -0.05) is 55.1 Å². The number of nitrogens with one attached hydrogen (secondary N) is 2. The molecule has 0 saturated carbocycles. The molecular weight excluding hydrogens is 503 g/mol. The third kappa shape index (κ3) is 6.99. The Kier molecular flexibility index (Phi) is 8.63. The van der Waals surface area contributed by atoms with E-state index in [0.29, 0.717) is 44.7 Å². The molecule has 39 heavy (non-hydrogen) atoms. The number of hydrogen-bond donors (Lipinski definition) is 2. The van der Waals surface area contributed by atoms with E-state index in [9.17, 15) is 22.8 Å². The normalized spacial score (nSPS) is 16.8. The number of carbonyl (C=O) groups excluding carboxylic acids is 2. The number of aryl methyl sites for hydroxylation is 1. The summed E-state index contributed by atoms with van der Waals surface area (Å²) in [6.07, 6.45) is 5.58. The van der Waals surface area contributed by atoms with E-state index in [1.165, 1.54) is 13.0 Å². The van der Waals surface area contributed by atoms with E-state index in [2.05, 4.69) is 35.4 Å². The lowest BCUT2D eigenvalue weighted by molar-refractivity contribution is -0.137. The van der Waals surface area contributed by atoms with Crippen molar-refractivity contribution >= 4 is 11.8 Å². The predicted molar refractivity (Wildman–Crippen MR) is 146 cm³/mol. The van der Waals surface area contributed by atoms with E-state index in [4.69, 9.17) is 0 Å². The van der Waals surface area contributed by atoms with Crippen LogP contribution >= 0.6 is 0 Å². The van der Waals surface area contributed by atoms with Crippen LogP contribution in [-0.4, -0.2) is 36.3 Å². The molecule has 0 bridgehead atoms. The molecule has 0 aromatic heterocycles. The quantitative estimate of drug-likeness (QED) is 0.439. The van der Waals surface area contributed by atoms with E-state index in [-0.39, 0.29) is 17.0 Å². The molecule has 8 heteroatoms. The smallest absolute Gasteiger partial charge is 0.359 e. The molecule has 0 spiro atoms. The van der Waals surface area contributed by atoms with Crippen LogP contribution in [0.15, 0.2) is 84.7 Å². The Morgan fingerprint density at radius 1 is 1.05 bits per heavy atom. The zero-order valence-electron chi connectivity index (χ0n) is 22.1. The molecule has 0 radical (unpaired) electrons. The highest BCUT2D eigenvalue weighted by Gasteiger charge is 2.41. The number of allylic oxidation sites excluding steroid dienone is 2. The van der Waals surface area contributed by atoms with E-state index in [1.807, 2.05) is 35.2 Å². The Morgan fingerprint density at radius 3 is 2.38 bits per heavy atom. The number of benzene rings is 2. The van der Waals surface area contributed by atoms with Crippen molar-refractivity contribution in [1.82, 2.24) is 15.5 Å². The van der Waals surface area contributed by atoms with Crippen LogP contribution in [0, 0.1) is 12.3 Å². The Balaban J connectivity index is 1.41. The zero-order valence-corrected chi connectivity index (χ0v) is 22.1. The molecule has 1 aliphatic heterocycles. The Bertz CT molecular complexity index is 1270. The van der Waals surface area contributed by atoms with Crippen LogP contribution in [0.3, 0.4) is 0 Å². The second-order valence-electron chi connectivity index (χ2n) is 10.3. The predicted octanol–water partition coefficient (Wildman–Crippen LogP) is 5.93. The zero-order chi connectivity index (χ0) is 28.0. The lowest BCUT2D eigenvalue weighted by atomic mass is 9.73. The van der Waals surface area contributed by atoms with Crippen molar-refractivity contribution in [2.24, 2.45) is 5.41 Å². The molecule has 2 N–H and O–H groups in total. The number of amides is 2. The van der Waals surface area contributed by atoms with Gasteiger partial charge in [0.05, 0.1) is 11.0 Å². The average molecular weight is 538 g/mol. The standard InChI is InChI=1S/C31H34F3N3O2/c1-22-19-26(31(32,33)34)13-14-27(22)28(38)36-23(2)37-17-15-30(16-18-37,20-24-9-5-3-6-10-24)29(39)35-21-25-11-7-4-8-12-25/h3,5-7,9-14,19H,2,4,8,15-18,20-21H2,1H3,(H,35,39)(H,36,38). The molecule has 2 aromatic carbocycles. The monoisotopic (exact) mass is 537 g/mol. The van der Waals surface area contributed by atoms with Gasteiger partial charge in [0.25, 0.3) is 5.91 Å². The summed E-state index contributed by atoms with van der Waals surface area (Å²) in [4.78, 5) is 28.3. The van der Waals surface area contributed by atoms with Crippen LogP contribution in [0.4, 0.5) is 13.2 Å². The van der Waals surface area contributed by atoms with Gasteiger partial charge >= 0.3 is 6.18 Å². The fourth-order valence-electron chi connectivity index (χ4n) is 5.22. The number of piperidine rings is 1. The molecule has 206 valence electrons. The van der Waals surface area contributed by atoms with Gasteiger partial charge in [-0.25, -0.2) is 0 Å². The summed E-state index contributed by atoms with van der Waals surface area (Å²) in [5.41, 5.74) is 1.18. The van der Waals surface area contributed by atoms with Gasteiger partial charge in [-0.3, -0.25) is 9.59 Å². The summed E-state index contributed by atoms with van der Waals surface area (Å²) in [5, 5.41) is 5.89. The van der Waals surface area contributed by atoms with Crippen LogP contribution in [0.2, 0.25) is 0 Å². The molecule has 0 unspecified atom stereocenters. The molecule has 4 rings (SSSR count). The summed E-state index contributed by atoms with van der Waals surface area (Å²) >= 11 is 0. The molecule has 1 heterocycles. The van der Waals surface area contributed by atoms with Crippen molar-refractivity contribution in [3.63, 3.8) is 0 Å². The van der Waals surface area contributed by atoms with Gasteiger partial charge in [0.15, 0.2) is 0 Å². The molecule has 2 amide bonds. The van der Waals surface area contributed by atoms with E-state index in [1.54, 1.807) is 0 Å². The lowest BCUT2D eigenvalue weighted by Crippen LogP contribution is -2.51. The molecule has 2 aliphatic rings. The summed E-state index contributed by atoms with van der Waals surface area (Å²) in [7, 11) is 0. The first-order valence-corrected chi connectivity index (χ1v) is 13.2. The Hall–Kier alpha value is -3.81. The largest absolute Gasteiger partial charge is 0.416 e. The minimum atomic E-state index is -4.47.